The topological polar surface area (TPSA) is 17.1 Å². The number of hydrogen-bond acceptors (Lipinski definition) is 2. The molecule has 1 aromatic heterocycles. The van der Waals surface area contributed by atoms with E-state index in [1.54, 1.807) is 11.3 Å². The maximum atomic E-state index is 12.7. The number of halogens is 2. The molecule has 1 nitrogen and oxygen atoms in total. The van der Waals surface area contributed by atoms with E-state index in [1.165, 1.54) is 10.4 Å². The predicted molar refractivity (Wildman–Crippen MR) is 86.2 cm³/mol. The third-order valence-electron chi connectivity index (χ3n) is 3.52. The van der Waals surface area contributed by atoms with E-state index in [9.17, 15) is 4.79 Å². The fraction of sp³-hybridized carbons (Fsp3) is 0.267. The van der Waals surface area contributed by atoms with Crippen molar-refractivity contribution in [1.82, 2.24) is 0 Å². The van der Waals surface area contributed by atoms with Crippen molar-refractivity contribution < 1.29 is 4.79 Å². The van der Waals surface area contributed by atoms with Crippen molar-refractivity contribution in [2.75, 3.05) is 0 Å². The molecule has 4 heteroatoms. The monoisotopic (exact) mass is 398 g/mol. The number of fused-ring (bicyclic) bond motifs is 1. The van der Waals surface area contributed by atoms with Gasteiger partial charge in [-0.25, -0.2) is 0 Å². The highest BCUT2D eigenvalue weighted by Crippen LogP contribution is 2.37. The van der Waals surface area contributed by atoms with E-state index in [0.29, 0.717) is 0 Å². The number of rotatable bonds is 2. The first kappa shape index (κ1) is 13.5. The van der Waals surface area contributed by atoms with Gasteiger partial charge >= 0.3 is 0 Å². The molecule has 0 saturated heterocycles. The van der Waals surface area contributed by atoms with Crippen LogP contribution in [-0.4, -0.2) is 5.78 Å². The smallest absolute Gasteiger partial charge is 0.170 e. The number of Topliss-reactive ketones (excluding diaryl/α,β-unsaturated/α-hetero) is 1. The normalized spacial score (nSPS) is 18.1. The highest BCUT2D eigenvalue weighted by molar-refractivity contribution is 9.11. The third kappa shape index (κ3) is 2.71. The van der Waals surface area contributed by atoms with Gasteiger partial charge in [0.25, 0.3) is 0 Å². The Bertz CT molecular complexity index is 613. The summed E-state index contributed by atoms with van der Waals surface area (Å²) in [6, 6.07) is 7.89. The van der Waals surface area contributed by atoms with Crippen molar-refractivity contribution >= 4 is 49.0 Å². The molecule has 0 N–H and O–H groups in total. The largest absolute Gasteiger partial charge is 0.293 e. The molecule has 19 heavy (non-hydrogen) atoms. The molecule has 0 radical (unpaired) electrons. The van der Waals surface area contributed by atoms with Gasteiger partial charge in [-0.15, -0.1) is 11.3 Å². The number of carbonyl (C=O) groups excluding carboxylic acids is 1. The van der Waals surface area contributed by atoms with Crippen molar-refractivity contribution in [3.05, 3.63) is 54.6 Å². The highest BCUT2D eigenvalue weighted by Gasteiger charge is 2.28. The van der Waals surface area contributed by atoms with Crippen molar-refractivity contribution in [1.29, 1.82) is 0 Å². The molecule has 1 unspecified atom stereocenters. The summed E-state index contributed by atoms with van der Waals surface area (Å²) < 4.78 is 1.87. The van der Waals surface area contributed by atoms with Crippen LogP contribution < -0.4 is 0 Å². The van der Waals surface area contributed by atoms with Gasteiger partial charge in [0.05, 0.1) is 0 Å². The lowest BCUT2D eigenvalue weighted by molar-refractivity contribution is 0.0951. The Hall–Kier alpha value is -0.450. The minimum Gasteiger partial charge on any atom is -0.293 e. The summed E-state index contributed by atoms with van der Waals surface area (Å²) in [7, 11) is 0. The van der Waals surface area contributed by atoms with E-state index in [-0.39, 0.29) is 11.7 Å². The van der Waals surface area contributed by atoms with Crippen molar-refractivity contribution in [3.63, 3.8) is 0 Å². The Kier molecular flexibility index (Phi) is 3.92. The molecule has 2 aromatic rings. The maximum Gasteiger partial charge on any atom is 0.170 e. The molecule has 1 atom stereocenters. The molecule has 98 valence electrons. The van der Waals surface area contributed by atoms with Crippen LogP contribution in [-0.2, 0) is 6.42 Å². The van der Waals surface area contributed by atoms with Crippen LogP contribution >= 0.6 is 43.2 Å². The highest BCUT2D eigenvalue weighted by atomic mass is 79.9. The van der Waals surface area contributed by atoms with Crippen LogP contribution in [0.4, 0.5) is 0 Å². The molecule has 0 amide bonds. The van der Waals surface area contributed by atoms with Gasteiger partial charge in [-0.3, -0.25) is 4.79 Å². The molecular formula is C15H12Br2OS. The van der Waals surface area contributed by atoms with Gasteiger partial charge < -0.3 is 0 Å². The van der Waals surface area contributed by atoms with E-state index in [2.05, 4.69) is 43.3 Å². The zero-order valence-corrected chi connectivity index (χ0v) is 14.1. The summed E-state index contributed by atoms with van der Waals surface area (Å²) in [5, 5.41) is 2.10. The van der Waals surface area contributed by atoms with Gasteiger partial charge in [0, 0.05) is 25.3 Å². The second-order valence-corrected chi connectivity index (χ2v) is 7.60. The number of thiophene rings is 1. The van der Waals surface area contributed by atoms with Crippen LogP contribution in [0.15, 0.2) is 38.6 Å². The fourth-order valence-electron chi connectivity index (χ4n) is 2.66. The minimum absolute atomic E-state index is 0.0381. The third-order valence-corrected chi connectivity index (χ3v) is 5.43. The first-order valence-electron chi connectivity index (χ1n) is 6.22. The average Bonchev–Trinajstić information content (AvgIpc) is 2.84. The average molecular weight is 400 g/mol. The maximum absolute atomic E-state index is 12.7. The summed E-state index contributed by atoms with van der Waals surface area (Å²) in [5.74, 6) is 0.276. The minimum atomic E-state index is 0.0381. The fourth-order valence-corrected chi connectivity index (χ4v) is 4.94. The van der Waals surface area contributed by atoms with E-state index in [1.807, 2.05) is 18.2 Å². The van der Waals surface area contributed by atoms with E-state index >= 15 is 0 Å². The van der Waals surface area contributed by atoms with Crippen LogP contribution in [0, 0.1) is 0 Å². The number of ketones is 1. The molecule has 1 aliphatic rings. The van der Waals surface area contributed by atoms with Crippen LogP contribution in [0.1, 0.15) is 39.6 Å². The van der Waals surface area contributed by atoms with E-state index in [0.717, 1.165) is 33.8 Å². The molecule has 0 saturated carbocycles. The molecule has 1 aliphatic carbocycles. The van der Waals surface area contributed by atoms with Gasteiger partial charge in [0.1, 0.15) is 0 Å². The number of hydrogen-bond donors (Lipinski definition) is 0. The predicted octanol–water partition coefficient (Wildman–Crippen LogP) is 5.58. The molecular weight excluding hydrogens is 388 g/mol. The molecule has 1 heterocycles. The standard InChI is InChI=1S/C15H12Br2OS/c16-10-6-9(7-11(17)8-10)15(18)13-2-1-3-14-12(13)4-5-19-14/h4-8,13H,1-3H2. The first-order chi connectivity index (χ1) is 9.15. The number of benzene rings is 1. The molecule has 1 aromatic carbocycles. The molecule has 0 aliphatic heterocycles. The lowest BCUT2D eigenvalue weighted by Crippen LogP contribution is -2.17. The van der Waals surface area contributed by atoms with Gasteiger partial charge in [-0.05, 0) is 54.5 Å². The molecule has 0 fully saturated rings. The van der Waals surface area contributed by atoms with Crippen molar-refractivity contribution in [3.8, 4) is 0 Å². The molecule has 0 spiro atoms. The second-order valence-electron chi connectivity index (χ2n) is 4.77. The second kappa shape index (κ2) is 5.51. The van der Waals surface area contributed by atoms with E-state index < -0.39 is 0 Å². The summed E-state index contributed by atoms with van der Waals surface area (Å²) in [6.45, 7) is 0. The lowest BCUT2D eigenvalue weighted by atomic mass is 9.82. The first-order valence-corrected chi connectivity index (χ1v) is 8.68. The zero-order chi connectivity index (χ0) is 13.4. The van der Waals surface area contributed by atoms with Crippen LogP contribution in [0.25, 0.3) is 0 Å². The van der Waals surface area contributed by atoms with E-state index in [4.69, 9.17) is 0 Å². The summed E-state index contributed by atoms with van der Waals surface area (Å²) >= 11 is 8.68. The van der Waals surface area contributed by atoms with Crippen LogP contribution in [0.3, 0.4) is 0 Å². The van der Waals surface area contributed by atoms with Gasteiger partial charge in [0.2, 0.25) is 0 Å². The summed E-state index contributed by atoms with van der Waals surface area (Å²) in [4.78, 5) is 14.1. The zero-order valence-electron chi connectivity index (χ0n) is 10.2. The quantitative estimate of drug-likeness (QED) is 0.602. The Balaban J connectivity index is 1.97. The van der Waals surface area contributed by atoms with Crippen molar-refractivity contribution in [2.24, 2.45) is 0 Å². The Morgan fingerprint density at radius 1 is 1.21 bits per heavy atom. The van der Waals surface area contributed by atoms with Gasteiger partial charge in [0.15, 0.2) is 5.78 Å². The van der Waals surface area contributed by atoms with Crippen LogP contribution in [0.2, 0.25) is 0 Å². The lowest BCUT2D eigenvalue weighted by Gasteiger charge is -2.21. The summed E-state index contributed by atoms with van der Waals surface area (Å²) in [5.41, 5.74) is 2.03. The number of aryl methyl sites for hydroxylation is 1. The Morgan fingerprint density at radius 3 is 2.68 bits per heavy atom. The van der Waals surface area contributed by atoms with Gasteiger partial charge in [-0.2, -0.15) is 0 Å². The number of carbonyl (C=O) groups is 1. The molecule has 3 rings (SSSR count). The Morgan fingerprint density at radius 2 is 1.95 bits per heavy atom. The van der Waals surface area contributed by atoms with Crippen LogP contribution in [0.5, 0.6) is 0 Å². The van der Waals surface area contributed by atoms with Gasteiger partial charge in [-0.1, -0.05) is 31.9 Å². The SMILES string of the molecule is O=C(c1cc(Br)cc(Br)c1)C1CCCc2sccc21. The summed E-state index contributed by atoms with van der Waals surface area (Å²) in [6.07, 6.45) is 3.20. The molecule has 0 bridgehead atoms. The Labute approximate surface area is 133 Å². The van der Waals surface area contributed by atoms with Crippen molar-refractivity contribution in [2.45, 2.75) is 25.2 Å².